The first-order valence-corrected chi connectivity index (χ1v) is 18.5. The van der Waals surface area contributed by atoms with E-state index >= 15 is 0 Å². The zero-order chi connectivity index (χ0) is 36.9. The summed E-state index contributed by atoms with van der Waals surface area (Å²) in [5.41, 5.74) is 4.78. The van der Waals surface area contributed by atoms with Gasteiger partial charge in [0.1, 0.15) is 29.2 Å². The van der Waals surface area contributed by atoms with Gasteiger partial charge in [-0.15, -0.1) is 5.10 Å². The van der Waals surface area contributed by atoms with E-state index in [1.54, 1.807) is 30.5 Å². The maximum absolute atomic E-state index is 14.1. The summed E-state index contributed by atoms with van der Waals surface area (Å²) < 4.78 is 15.9. The number of aromatic nitrogens is 4. The molecule has 1 unspecified atom stereocenters. The highest BCUT2D eigenvalue weighted by Crippen LogP contribution is 2.36. The van der Waals surface area contributed by atoms with Crippen LogP contribution in [0.4, 0.5) is 16.0 Å². The number of pyridine rings is 1. The predicted molar refractivity (Wildman–Crippen MR) is 197 cm³/mol. The van der Waals surface area contributed by atoms with E-state index in [-0.39, 0.29) is 30.3 Å². The SMILES string of the molecule is O=C1CCC(N2C(=O)c3ccc(CCN4CCN(c5cccc(-c6cnc7ccc(N8CCC[C@@H]8c8cccc(F)c8)nn67)n5)CC4)cc3C2=O)C(=O)N1. The Labute approximate surface area is 310 Å². The van der Waals surface area contributed by atoms with Crippen molar-refractivity contribution in [3.63, 3.8) is 0 Å². The number of imide groups is 2. The van der Waals surface area contributed by atoms with Crippen molar-refractivity contribution in [2.45, 2.75) is 44.2 Å². The normalized spacial score (nSPS) is 20.6. The van der Waals surface area contributed by atoms with Crippen LogP contribution in [-0.4, -0.2) is 98.3 Å². The second kappa shape index (κ2) is 13.8. The number of fused-ring (bicyclic) bond motifs is 2. The molecule has 54 heavy (non-hydrogen) atoms. The number of carbonyl (C=O) groups excluding carboxylic acids is 4. The van der Waals surface area contributed by atoms with Crippen molar-refractivity contribution in [2.75, 3.05) is 49.1 Å². The summed E-state index contributed by atoms with van der Waals surface area (Å²) in [4.78, 5) is 67.9. The van der Waals surface area contributed by atoms with Crippen molar-refractivity contribution in [1.82, 2.24) is 34.7 Å². The van der Waals surface area contributed by atoms with Gasteiger partial charge in [-0.05, 0) is 85.3 Å². The highest BCUT2D eigenvalue weighted by atomic mass is 19.1. The highest BCUT2D eigenvalue weighted by Gasteiger charge is 2.44. The minimum Gasteiger partial charge on any atom is -0.354 e. The van der Waals surface area contributed by atoms with Crippen molar-refractivity contribution in [3.05, 3.63) is 107 Å². The molecule has 13 nitrogen and oxygen atoms in total. The fourth-order valence-electron chi connectivity index (χ4n) is 8.20. The average Bonchev–Trinajstić information content (AvgIpc) is 3.91. The van der Waals surface area contributed by atoms with Gasteiger partial charge in [0.15, 0.2) is 5.65 Å². The van der Waals surface area contributed by atoms with Crippen LogP contribution in [0.5, 0.6) is 0 Å². The number of hydrogen-bond acceptors (Lipinski definition) is 10. The number of imidazole rings is 1. The molecule has 2 aromatic carbocycles. The summed E-state index contributed by atoms with van der Waals surface area (Å²) in [7, 11) is 0. The van der Waals surface area contributed by atoms with Gasteiger partial charge in [0.2, 0.25) is 11.8 Å². The van der Waals surface area contributed by atoms with E-state index in [1.165, 1.54) is 6.07 Å². The lowest BCUT2D eigenvalue weighted by atomic mass is 10.0. The van der Waals surface area contributed by atoms with Gasteiger partial charge in [0, 0.05) is 45.7 Å². The maximum Gasteiger partial charge on any atom is 0.262 e. The number of carbonyl (C=O) groups is 4. The standard InChI is InChI=1S/C40H38FN9O4/c41-27-5-1-4-26(23-27)31-7-3-16-48(31)36-13-12-34-42-24-33(50(34)45-36)30-6-2-8-35(43-30)47-20-18-46(19-21-47)17-15-25-9-10-28-29(22-25)40(54)49(39(28)53)32-11-14-37(51)44-38(32)52/h1-2,4-6,8-10,12-13,22-24,31-32H,3,7,11,14-21H2,(H,44,51,52)/t31-,32?/m1/s1. The van der Waals surface area contributed by atoms with Gasteiger partial charge >= 0.3 is 0 Å². The monoisotopic (exact) mass is 727 g/mol. The van der Waals surface area contributed by atoms with E-state index in [9.17, 15) is 23.6 Å². The molecule has 0 aliphatic carbocycles. The van der Waals surface area contributed by atoms with Crippen LogP contribution in [0.3, 0.4) is 0 Å². The van der Waals surface area contributed by atoms with Gasteiger partial charge in [0.05, 0.1) is 29.1 Å². The molecule has 3 saturated heterocycles. The van der Waals surface area contributed by atoms with Crippen LogP contribution < -0.4 is 15.1 Å². The first-order valence-electron chi connectivity index (χ1n) is 18.5. The van der Waals surface area contributed by atoms with E-state index in [2.05, 4.69) is 25.0 Å². The van der Waals surface area contributed by atoms with Gasteiger partial charge in [-0.25, -0.2) is 18.9 Å². The second-order valence-corrected chi connectivity index (χ2v) is 14.3. The highest BCUT2D eigenvalue weighted by molar-refractivity contribution is 6.23. The number of nitrogens with zero attached hydrogens (tertiary/aromatic N) is 8. The molecule has 1 N–H and O–H groups in total. The molecule has 0 spiro atoms. The molecule has 7 heterocycles. The van der Waals surface area contributed by atoms with Crippen molar-refractivity contribution >= 4 is 40.9 Å². The fourth-order valence-corrected chi connectivity index (χ4v) is 8.20. The molecule has 4 amide bonds. The summed E-state index contributed by atoms with van der Waals surface area (Å²) in [6, 6.07) is 21.2. The van der Waals surface area contributed by atoms with Crippen LogP contribution in [-0.2, 0) is 16.0 Å². The number of piperazine rings is 1. The Hall–Kier alpha value is -6.02. The molecule has 3 fully saturated rings. The second-order valence-electron chi connectivity index (χ2n) is 14.3. The fraction of sp³-hybridized carbons (Fsp3) is 0.325. The Balaban J connectivity index is 0.842. The molecule has 4 aliphatic rings. The Kier molecular flexibility index (Phi) is 8.61. The minimum atomic E-state index is -0.976. The molecular formula is C40H38FN9O4. The molecule has 274 valence electrons. The topological polar surface area (TPSA) is 136 Å². The van der Waals surface area contributed by atoms with Crippen LogP contribution >= 0.6 is 0 Å². The summed E-state index contributed by atoms with van der Waals surface area (Å²) in [5, 5.41) is 7.24. The molecule has 2 atom stereocenters. The third kappa shape index (κ3) is 6.15. The van der Waals surface area contributed by atoms with E-state index < -0.39 is 29.7 Å². The average molecular weight is 728 g/mol. The molecular weight excluding hydrogens is 689 g/mol. The molecule has 0 radical (unpaired) electrons. The number of anilines is 2. The van der Waals surface area contributed by atoms with Crippen molar-refractivity contribution in [3.8, 4) is 11.4 Å². The predicted octanol–water partition coefficient (Wildman–Crippen LogP) is 4.04. The van der Waals surface area contributed by atoms with Gasteiger partial charge in [-0.2, -0.15) is 0 Å². The Morgan fingerprint density at radius 3 is 2.46 bits per heavy atom. The van der Waals surface area contributed by atoms with Crippen LogP contribution in [0.2, 0.25) is 0 Å². The summed E-state index contributed by atoms with van der Waals surface area (Å²) in [6.07, 6.45) is 4.65. The van der Waals surface area contributed by atoms with Crippen LogP contribution in [0.25, 0.3) is 17.0 Å². The molecule has 3 aromatic heterocycles. The van der Waals surface area contributed by atoms with Crippen LogP contribution in [0.1, 0.15) is 63.6 Å². The van der Waals surface area contributed by atoms with E-state index in [4.69, 9.17) is 10.1 Å². The number of piperidine rings is 1. The molecule has 14 heteroatoms. The summed E-state index contributed by atoms with van der Waals surface area (Å²) >= 11 is 0. The lowest BCUT2D eigenvalue weighted by Gasteiger charge is -2.35. The summed E-state index contributed by atoms with van der Waals surface area (Å²) in [5.74, 6) is -0.531. The molecule has 0 saturated carbocycles. The van der Waals surface area contributed by atoms with Gasteiger partial charge in [-0.1, -0.05) is 24.3 Å². The number of rotatable bonds is 8. The smallest absolute Gasteiger partial charge is 0.262 e. The van der Waals surface area contributed by atoms with Crippen molar-refractivity contribution in [1.29, 1.82) is 0 Å². The first kappa shape index (κ1) is 33.8. The van der Waals surface area contributed by atoms with E-state index in [0.29, 0.717) is 12.0 Å². The Bertz CT molecular complexity index is 2320. The van der Waals surface area contributed by atoms with Crippen molar-refractivity contribution in [2.24, 2.45) is 0 Å². The largest absolute Gasteiger partial charge is 0.354 e. The Morgan fingerprint density at radius 2 is 1.63 bits per heavy atom. The van der Waals surface area contributed by atoms with E-state index in [0.717, 1.165) is 96.8 Å². The number of amides is 4. The summed E-state index contributed by atoms with van der Waals surface area (Å²) in [6.45, 7) is 4.87. The van der Waals surface area contributed by atoms with Crippen LogP contribution in [0, 0.1) is 5.82 Å². The lowest BCUT2D eigenvalue weighted by molar-refractivity contribution is -0.136. The van der Waals surface area contributed by atoms with Gasteiger partial charge in [-0.3, -0.25) is 34.3 Å². The van der Waals surface area contributed by atoms with E-state index in [1.807, 2.05) is 47.0 Å². The third-order valence-electron chi connectivity index (χ3n) is 11.0. The molecule has 9 rings (SSSR count). The molecule has 0 bridgehead atoms. The molecule has 4 aliphatic heterocycles. The molecule has 5 aromatic rings. The Morgan fingerprint density at radius 1 is 0.796 bits per heavy atom. The number of halogens is 1. The van der Waals surface area contributed by atoms with Gasteiger partial charge < -0.3 is 9.80 Å². The minimum absolute atomic E-state index is 0.0545. The zero-order valence-corrected chi connectivity index (χ0v) is 29.5. The zero-order valence-electron chi connectivity index (χ0n) is 29.5. The first-order chi connectivity index (χ1) is 26.3. The maximum atomic E-state index is 14.1. The third-order valence-corrected chi connectivity index (χ3v) is 11.0. The van der Waals surface area contributed by atoms with Gasteiger partial charge in [0.25, 0.3) is 11.8 Å². The number of benzene rings is 2. The number of hydrogen-bond donors (Lipinski definition) is 1. The number of nitrogens with one attached hydrogen (secondary N) is 1. The lowest BCUT2D eigenvalue weighted by Crippen LogP contribution is -2.54. The van der Waals surface area contributed by atoms with Crippen LogP contribution in [0.15, 0.2) is 79.0 Å². The quantitative estimate of drug-likeness (QED) is 0.234. The van der Waals surface area contributed by atoms with Crippen molar-refractivity contribution < 1.29 is 23.6 Å².